The summed E-state index contributed by atoms with van der Waals surface area (Å²) >= 11 is 5.87. The van der Waals surface area contributed by atoms with Gasteiger partial charge < -0.3 is 10.1 Å². The van der Waals surface area contributed by atoms with Gasteiger partial charge >= 0.3 is 0 Å². The minimum absolute atomic E-state index is 0.0154. The molecule has 1 heterocycles. The molecule has 1 aliphatic heterocycles. The Hall–Kier alpha value is -1.57. The predicted molar refractivity (Wildman–Crippen MR) is 78.8 cm³/mol. The first-order valence-electron chi connectivity index (χ1n) is 7.20. The fourth-order valence-corrected chi connectivity index (χ4v) is 3.00. The van der Waals surface area contributed by atoms with Gasteiger partial charge in [-0.25, -0.2) is 0 Å². The SMILES string of the molecule is N#CC1(NC(=O)[C@H]2C[C@@H]2c2ccc(Cl)cc2)CCOCC1. The molecular formula is C16H17ClN2O2. The molecule has 2 atom stereocenters. The molecule has 0 unspecified atom stereocenters. The smallest absolute Gasteiger partial charge is 0.224 e. The molecule has 0 bridgehead atoms. The van der Waals surface area contributed by atoms with Crippen molar-refractivity contribution in [3.05, 3.63) is 34.9 Å². The topological polar surface area (TPSA) is 62.1 Å². The Morgan fingerprint density at radius 1 is 1.33 bits per heavy atom. The second-order valence-electron chi connectivity index (χ2n) is 5.80. The number of halogens is 1. The molecule has 21 heavy (non-hydrogen) atoms. The van der Waals surface area contributed by atoms with Crippen molar-refractivity contribution in [2.75, 3.05) is 13.2 Å². The van der Waals surface area contributed by atoms with Crippen LogP contribution in [0.4, 0.5) is 0 Å². The highest BCUT2D eigenvalue weighted by Gasteiger charge is 2.46. The van der Waals surface area contributed by atoms with Crippen LogP contribution in [0.2, 0.25) is 5.02 Å². The lowest BCUT2D eigenvalue weighted by molar-refractivity contribution is -0.124. The van der Waals surface area contributed by atoms with E-state index < -0.39 is 5.54 Å². The van der Waals surface area contributed by atoms with E-state index in [1.807, 2.05) is 24.3 Å². The minimum atomic E-state index is -0.748. The highest BCUT2D eigenvalue weighted by atomic mass is 35.5. The number of nitrogens with zero attached hydrogens (tertiary/aromatic N) is 1. The van der Waals surface area contributed by atoms with E-state index in [0.29, 0.717) is 31.1 Å². The summed E-state index contributed by atoms with van der Waals surface area (Å²) in [6.07, 6.45) is 1.96. The zero-order valence-corrected chi connectivity index (χ0v) is 12.4. The van der Waals surface area contributed by atoms with Crippen LogP contribution >= 0.6 is 11.6 Å². The molecule has 1 N–H and O–H groups in total. The van der Waals surface area contributed by atoms with Crippen LogP contribution in [0.15, 0.2) is 24.3 Å². The van der Waals surface area contributed by atoms with Crippen molar-refractivity contribution < 1.29 is 9.53 Å². The van der Waals surface area contributed by atoms with Crippen LogP contribution in [-0.4, -0.2) is 24.7 Å². The third-order valence-corrected chi connectivity index (χ3v) is 4.60. The van der Waals surface area contributed by atoms with Crippen LogP contribution in [-0.2, 0) is 9.53 Å². The second kappa shape index (κ2) is 5.67. The van der Waals surface area contributed by atoms with E-state index in [1.165, 1.54) is 0 Å². The van der Waals surface area contributed by atoms with Gasteiger partial charge in [0.05, 0.1) is 6.07 Å². The number of nitriles is 1. The number of hydrogen-bond donors (Lipinski definition) is 1. The molecule has 0 spiro atoms. The van der Waals surface area contributed by atoms with Crippen LogP contribution in [0.25, 0.3) is 0 Å². The summed E-state index contributed by atoms with van der Waals surface area (Å²) in [6.45, 7) is 1.05. The lowest BCUT2D eigenvalue weighted by atomic mass is 9.91. The second-order valence-corrected chi connectivity index (χ2v) is 6.23. The Morgan fingerprint density at radius 3 is 2.62 bits per heavy atom. The van der Waals surface area contributed by atoms with E-state index in [1.54, 1.807) is 0 Å². The van der Waals surface area contributed by atoms with Gasteiger partial charge in [-0.1, -0.05) is 23.7 Å². The van der Waals surface area contributed by atoms with Gasteiger partial charge in [-0.05, 0) is 30.0 Å². The molecule has 1 aromatic rings. The molecule has 5 heteroatoms. The van der Waals surface area contributed by atoms with Gasteiger partial charge in [0.2, 0.25) is 5.91 Å². The molecule has 3 rings (SSSR count). The van der Waals surface area contributed by atoms with E-state index in [2.05, 4.69) is 11.4 Å². The summed E-state index contributed by atoms with van der Waals surface area (Å²) in [5.74, 6) is 0.204. The summed E-state index contributed by atoms with van der Waals surface area (Å²) in [7, 11) is 0. The number of nitrogens with one attached hydrogen (secondary N) is 1. The van der Waals surface area contributed by atoms with Crippen LogP contribution in [0, 0.1) is 17.2 Å². The molecule has 2 fully saturated rings. The molecule has 1 aromatic carbocycles. The normalized spacial score (nSPS) is 26.7. The summed E-state index contributed by atoms with van der Waals surface area (Å²) in [5, 5.41) is 13.0. The van der Waals surface area contributed by atoms with Crippen molar-refractivity contribution in [2.45, 2.75) is 30.7 Å². The summed E-state index contributed by atoms with van der Waals surface area (Å²) < 4.78 is 5.27. The first kappa shape index (κ1) is 14.4. The lowest BCUT2D eigenvalue weighted by Crippen LogP contribution is -2.51. The van der Waals surface area contributed by atoms with Gasteiger partial charge in [0.1, 0.15) is 5.54 Å². The maximum atomic E-state index is 12.4. The Morgan fingerprint density at radius 2 is 2.00 bits per heavy atom. The minimum Gasteiger partial charge on any atom is -0.381 e. The van der Waals surface area contributed by atoms with Crippen molar-refractivity contribution >= 4 is 17.5 Å². The Kier molecular flexibility index (Phi) is 3.88. The van der Waals surface area contributed by atoms with E-state index in [0.717, 1.165) is 12.0 Å². The van der Waals surface area contributed by atoms with E-state index in [9.17, 15) is 10.1 Å². The van der Waals surface area contributed by atoms with Crippen LogP contribution in [0.3, 0.4) is 0 Å². The first-order chi connectivity index (χ1) is 10.1. The van der Waals surface area contributed by atoms with Crippen LogP contribution in [0.5, 0.6) is 0 Å². The molecule has 1 saturated heterocycles. The van der Waals surface area contributed by atoms with E-state index >= 15 is 0 Å². The number of carbonyl (C=O) groups is 1. The lowest BCUT2D eigenvalue weighted by Gasteiger charge is -2.31. The average Bonchev–Trinajstić information content (AvgIpc) is 3.29. The number of amides is 1. The fraction of sp³-hybridized carbons (Fsp3) is 0.500. The number of benzene rings is 1. The van der Waals surface area contributed by atoms with Crippen molar-refractivity contribution in [3.8, 4) is 6.07 Å². The monoisotopic (exact) mass is 304 g/mol. The number of rotatable bonds is 3. The third kappa shape index (κ3) is 3.04. The maximum absolute atomic E-state index is 12.4. The average molecular weight is 305 g/mol. The molecule has 1 saturated carbocycles. The van der Waals surface area contributed by atoms with Crippen molar-refractivity contribution in [3.63, 3.8) is 0 Å². The summed E-state index contributed by atoms with van der Waals surface area (Å²) in [6, 6.07) is 9.89. The van der Waals surface area contributed by atoms with Gasteiger partial charge in [-0.15, -0.1) is 0 Å². The first-order valence-corrected chi connectivity index (χ1v) is 7.58. The molecule has 4 nitrogen and oxygen atoms in total. The molecular weight excluding hydrogens is 288 g/mol. The zero-order valence-electron chi connectivity index (χ0n) is 11.6. The number of hydrogen-bond acceptors (Lipinski definition) is 3. The maximum Gasteiger partial charge on any atom is 0.224 e. The van der Waals surface area contributed by atoms with E-state index in [-0.39, 0.29) is 17.7 Å². The Labute approximate surface area is 129 Å². The number of carbonyl (C=O) groups excluding carboxylic acids is 1. The Bertz CT molecular complexity index is 573. The molecule has 1 amide bonds. The van der Waals surface area contributed by atoms with Crippen molar-refractivity contribution in [2.24, 2.45) is 5.92 Å². The molecule has 1 aliphatic carbocycles. The summed E-state index contributed by atoms with van der Waals surface area (Å²) in [5.41, 5.74) is 0.389. The van der Waals surface area contributed by atoms with Crippen molar-refractivity contribution in [1.82, 2.24) is 5.32 Å². The largest absolute Gasteiger partial charge is 0.381 e. The predicted octanol–water partition coefficient (Wildman–Crippen LogP) is 2.63. The van der Waals surface area contributed by atoms with E-state index in [4.69, 9.17) is 16.3 Å². The molecule has 0 aromatic heterocycles. The van der Waals surface area contributed by atoms with Gasteiger partial charge in [0.15, 0.2) is 0 Å². The van der Waals surface area contributed by atoms with Gasteiger partial charge in [0, 0.05) is 37.0 Å². The van der Waals surface area contributed by atoms with Crippen LogP contribution < -0.4 is 5.32 Å². The quantitative estimate of drug-likeness (QED) is 0.933. The van der Waals surface area contributed by atoms with Crippen molar-refractivity contribution in [1.29, 1.82) is 5.26 Å². The summed E-state index contributed by atoms with van der Waals surface area (Å²) in [4.78, 5) is 12.4. The zero-order chi connectivity index (χ0) is 14.9. The Balaban J connectivity index is 1.62. The number of ether oxygens (including phenoxy) is 1. The standard InChI is InChI=1S/C16H17ClN2O2/c17-12-3-1-11(2-4-12)13-9-14(13)15(20)19-16(10-18)5-7-21-8-6-16/h1-4,13-14H,5-9H2,(H,19,20)/t13-,14+/m1/s1. The molecule has 2 aliphatic rings. The molecule has 110 valence electrons. The molecule has 0 radical (unpaired) electrons. The van der Waals surface area contributed by atoms with Gasteiger partial charge in [0.25, 0.3) is 0 Å². The van der Waals surface area contributed by atoms with Gasteiger partial charge in [-0.2, -0.15) is 5.26 Å². The van der Waals surface area contributed by atoms with Crippen LogP contribution in [0.1, 0.15) is 30.7 Å². The fourth-order valence-electron chi connectivity index (χ4n) is 2.88. The highest BCUT2D eigenvalue weighted by Crippen LogP contribution is 2.48. The van der Waals surface area contributed by atoms with Gasteiger partial charge in [-0.3, -0.25) is 4.79 Å². The third-order valence-electron chi connectivity index (χ3n) is 4.35. The highest BCUT2D eigenvalue weighted by molar-refractivity contribution is 6.30.